The number of aromatic nitrogens is 1. The molecular formula is C52H68F3N5O8S. The number of amides is 3. The van der Waals surface area contributed by atoms with Crippen molar-refractivity contribution < 1.29 is 51.7 Å². The molecule has 1 aromatic heterocycles. The van der Waals surface area contributed by atoms with Crippen LogP contribution in [0.3, 0.4) is 0 Å². The number of carbonyl (C=O) groups excluding carboxylic acids is 4. The van der Waals surface area contributed by atoms with E-state index in [-0.39, 0.29) is 63.8 Å². The van der Waals surface area contributed by atoms with Gasteiger partial charge in [0.15, 0.2) is 0 Å². The molecule has 0 aliphatic carbocycles. The highest BCUT2D eigenvalue weighted by molar-refractivity contribution is 7.79. The third-order valence-corrected chi connectivity index (χ3v) is 11.1. The standard InChI is InChI=1S/C33H31F3N4O2S.C19H37NO6/c34-33(35,36)26-9-5-6-22(17-26)20-38-31(41)25-12-13-37-30(18-25)28-19-27(40-14-2-1-3-15-40)10-11-29(28)39-32(42)24-8-4-7-23(16-24)21-43;1-15(2)7-10-25-16(3)13-17(22)20(8-11-24-12-9-21)14-18(23)26-19(4,5)6/h4-13,16-19,43H,1-3,14-15,20-21H2,(H,38,41)(H,39,42);15-16,21H,7-14H2,1-6H3. The van der Waals surface area contributed by atoms with Crippen LogP contribution in [0.2, 0.25) is 0 Å². The zero-order valence-electron chi connectivity index (χ0n) is 40.6. The van der Waals surface area contributed by atoms with Crippen LogP contribution in [0.25, 0.3) is 11.3 Å². The van der Waals surface area contributed by atoms with Gasteiger partial charge >= 0.3 is 12.1 Å². The van der Waals surface area contributed by atoms with E-state index in [0.29, 0.717) is 51.9 Å². The number of hydrogen-bond donors (Lipinski definition) is 4. The monoisotopic (exact) mass is 979 g/mol. The van der Waals surface area contributed by atoms with Crippen molar-refractivity contribution in [1.29, 1.82) is 0 Å². The van der Waals surface area contributed by atoms with Crippen LogP contribution < -0.4 is 15.5 Å². The van der Waals surface area contributed by atoms with Crippen molar-refractivity contribution in [2.24, 2.45) is 5.92 Å². The minimum atomic E-state index is -4.47. The number of anilines is 2. The number of pyridine rings is 1. The summed E-state index contributed by atoms with van der Waals surface area (Å²) in [6.45, 7) is 14.3. The molecule has 1 atom stereocenters. The maximum Gasteiger partial charge on any atom is 0.416 e. The molecule has 0 radical (unpaired) electrons. The van der Waals surface area contributed by atoms with Gasteiger partial charge < -0.3 is 39.8 Å². The molecule has 0 saturated carbocycles. The second-order valence-electron chi connectivity index (χ2n) is 18.2. The van der Waals surface area contributed by atoms with E-state index in [4.69, 9.17) is 19.3 Å². The molecule has 1 unspecified atom stereocenters. The molecular weight excluding hydrogens is 912 g/mol. The number of esters is 1. The number of thiol groups is 1. The number of aliphatic hydroxyl groups is 1. The van der Waals surface area contributed by atoms with Gasteiger partial charge in [-0.1, -0.05) is 38.1 Å². The van der Waals surface area contributed by atoms with Crippen LogP contribution in [0, 0.1) is 5.92 Å². The zero-order chi connectivity index (χ0) is 50.6. The van der Waals surface area contributed by atoms with Gasteiger partial charge in [0.2, 0.25) is 5.91 Å². The lowest BCUT2D eigenvalue weighted by Gasteiger charge is -2.29. The molecule has 0 spiro atoms. The molecule has 376 valence electrons. The van der Waals surface area contributed by atoms with E-state index in [0.717, 1.165) is 55.7 Å². The molecule has 1 aliphatic heterocycles. The quantitative estimate of drug-likeness (QED) is 0.0360. The van der Waals surface area contributed by atoms with E-state index in [1.165, 1.54) is 29.7 Å². The van der Waals surface area contributed by atoms with E-state index in [1.807, 2.05) is 37.3 Å². The summed E-state index contributed by atoms with van der Waals surface area (Å²) in [6, 6.07) is 21.0. The second kappa shape index (κ2) is 27.6. The van der Waals surface area contributed by atoms with Crippen molar-refractivity contribution in [2.45, 2.75) is 104 Å². The Labute approximate surface area is 409 Å². The van der Waals surface area contributed by atoms with Crippen molar-refractivity contribution in [3.05, 3.63) is 113 Å². The Morgan fingerprint density at radius 2 is 1.57 bits per heavy atom. The van der Waals surface area contributed by atoms with Crippen LogP contribution in [0.5, 0.6) is 0 Å². The van der Waals surface area contributed by atoms with Crippen LogP contribution in [0.1, 0.15) is 111 Å². The number of rotatable bonds is 21. The number of piperidine rings is 1. The van der Waals surface area contributed by atoms with Crippen molar-refractivity contribution >= 4 is 47.7 Å². The lowest BCUT2D eigenvalue weighted by molar-refractivity contribution is -0.159. The molecule has 5 rings (SSSR count). The fourth-order valence-corrected chi connectivity index (χ4v) is 7.37. The first-order valence-corrected chi connectivity index (χ1v) is 24.0. The number of hydrogen-bond acceptors (Lipinski definition) is 11. The number of carbonyl (C=O) groups is 4. The van der Waals surface area contributed by atoms with Gasteiger partial charge in [-0.3, -0.25) is 24.2 Å². The van der Waals surface area contributed by atoms with Crippen LogP contribution in [-0.2, 0) is 42.3 Å². The van der Waals surface area contributed by atoms with E-state index >= 15 is 0 Å². The number of aliphatic hydroxyl groups excluding tert-OH is 1. The Kier molecular flexibility index (Phi) is 22.5. The summed E-state index contributed by atoms with van der Waals surface area (Å²) in [6.07, 6.45) is 1.32. The number of halogens is 3. The van der Waals surface area contributed by atoms with E-state index < -0.39 is 29.2 Å². The predicted octanol–water partition coefficient (Wildman–Crippen LogP) is 9.38. The minimum Gasteiger partial charge on any atom is -0.459 e. The van der Waals surface area contributed by atoms with Gasteiger partial charge in [-0.25, -0.2) is 0 Å². The van der Waals surface area contributed by atoms with Crippen LogP contribution in [-0.4, -0.2) is 103 Å². The minimum absolute atomic E-state index is 0.0719. The number of nitrogens with zero attached hydrogens (tertiary/aromatic N) is 3. The molecule has 69 heavy (non-hydrogen) atoms. The van der Waals surface area contributed by atoms with Gasteiger partial charge in [0, 0.05) is 67.1 Å². The Morgan fingerprint density at radius 3 is 2.25 bits per heavy atom. The van der Waals surface area contributed by atoms with Crippen LogP contribution >= 0.6 is 12.6 Å². The highest BCUT2D eigenvalue weighted by Crippen LogP contribution is 2.34. The molecule has 3 aromatic carbocycles. The molecule has 3 N–H and O–H groups in total. The lowest BCUT2D eigenvalue weighted by atomic mass is 10.0. The van der Waals surface area contributed by atoms with Crippen molar-refractivity contribution in [2.75, 3.05) is 62.8 Å². The maximum atomic E-state index is 13.2. The highest BCUT2D eigenvalue weighted by Gasteiger charge is 2.30. The van der Waals surface area contributed by atoms with E-state index in [2.05, 4.69) is 47.0 Å². The molecule has 4 aromatic rings. The first-order chi connectivity index (χ1) is 32.8. The van der Waals surface area contributed by atoms with Crippen LogP contribution in [0.15, 0.2) is 85.1 Å². The first-order valence-electron chi connectivity index (χ1n) is 23.4. The molecule has 3 amide bonds. The largest absolute Gasteiger partial charge is 0.459 e. The summed E-state index contributed by atoms with van der Waals surface area (Å²) in [4.78, 5) is 59.1. The Morgan fingerprint density at radius 1 is 0.855 bits per heavy atom. The topological polar surface area (TPSA) is 160 Å². The van der Waals surface area contributed by atoms with Gasteiger partial charge in [-0.2, -0.15) is 25.8 Å². The fourth-order valence-electron chi connectivity index (χ4n) is 7.17. The van der Waals surface area contributed by atoms with Gasteiger partial charge in [-0.05, 0) is 125 Å². The van der Waals surface area contributed by atoms with Gasteiger partial charge in [0.25, 0.3) is 11.8 Å². The van der Waals surface area contributed by atoms with Gasteiger partial charge in [0.1, 0.15) is 12.1 Å². The molecule has 13 nitrogen and oxygen atoms in total. The Hall–Kier alpha value is -5.49. The predicted molar refractivity (Wildman–Crippen MR) is 265 cm³/mol. The summed E-state index contributed by atoms with van der Waals surface area (Å²) in [5, 5.41) is 14.5. The molecule has 2 heterocycles. The van der Waals surface area contributed by atoms with Crippen molar-refractivity contribution in [1.82, 2.24) is 15.2 Å². The summed E-state index contributed by atoms with van der Waals surface area (Å²) < 4.78 is 55.5. The summed E-state index contributed by atoms with van der Waals surface area (Å²) >= 11 is 4.31. The average molecular weight is 980 g/mol. The van der Waals surface area contributed by atoms with Crippen molar-refractivity contribution in [3.63, 3.8) is 0 Å². The number of benzene rings is 3. The number of nitrogens with one attached hydrogen (secondary N) is 2. The van der Waals surface area contributed by atoms with Crippen LogP contribution in [0.4, 0.5) is 24.5 Å². The third-order valence-electron chi connectivity index (χ3n) is 10.7. The molecule has 1 aliphatic rings. The number of ether oxygens (including phenoxy) is 3. The summed E-state index contributed by atoms with van der Waals surface area (Å²) in [5.74, 6) is -0.330. The molecule has 17 heteroatoms. The van der Waals surface area contributed by atoms with E-state index in [1.54, 1.807) is 45.0 Å². The normalized spacial score (nSPS) is 13.2. The summed E-state index contributed by atoms with van der Waals surface area (Å²) in [7, 11) is 0. The molecule has 0 bridgehead atoms. The maximum absolute atomic E-state index is 13.2. The second-order valence-corrected chi connectivity index (χ2v) is 18.5. The van der Waals surface area contributed by atoms with Gasteiger partial charge in [-0.15, -0.1) is 0 Å². The van der Waals surface area contributed by atoms with Crippen molar-refractivity contribution in [3.8, 4) is 11.3 Å². The molecule has 1 saturated heterocycles. The zero-order valence-corrected chi connectivity index (χ0v) is 41.5. The fraction of sp³-hybridized carbons (Fsp3) is 0.481. The summed E-state index contributed by atoms with van der Waals surface area (Å²) in [5.41, 5.74) is 3.31. The molecule has 1 fully saturated rings. The smallest absolute Gasteiger partial charge is 0.416 e. The lowest BCUT2D eigenvalue weighted by Crippen LogP contribution is -2.41. The highest BCUT2D eigenvalue weighted by atomic mass is 32.1. The third kappa shape index (κ3) is 19.8. The SMILES string of the molecule is CC(C)CCOC(C)CC(=O)N(CCOCCO)CC(=O)OC(C)(C)C.O=C(NCc1cccc(C(F)(F)F)c1)c1ccnc(-c2cc(N3CCCCC3)ccc2NC(=O)c2cccc(CS)c2)c1. The van der Waals surface area contributed by atoms with E-state index in [9.17, 15) is 32.3 Å². The van der Waals surface area contributed by atoms with Gasteiger partial charge in [0.05, 0.1) is 49.3 Å². The Bertz CT molecular complexity index is 2280. The first kappa shape index (κ1) is 56.1. The Balaban J connectivity index is 0.000000344. The number of alkyl halides is 3. The average Bonchev–Trinajstić information content (AvgIpc) is 3.31.